The van der Waals surface area contributed by atoms with Gasteiger partial charge in [-0.15, -0.1) is 11.3 Å². The normalized spacial score (nSPS) is 15.9. The summed E-state index contributed by atoms with van der Waals surface area (Å²) in [5.74, 6) is -0.837. The van der Waals surface area contributed by atoms with Gasteiger partial charge >= 0.3 is 0 Å². The van der Waals surface area contributed by atoms with Crippen molar-refractivity contribution >= 4 is 74.5 Å². The SMILES string of the molecule is Cc1ccc(/C=C2/SC(=O)N(CC(=O)Nc3ccc(I)cc3)C2=O)s1. The average Bonchev–Trinajstić information content (AvgIpc) is 3.08. The molecule has 5 nitrogen and oxygen atoms in total. The number of anilines is 1. The maximum atomic E-state index is 12.4. The van der Waals surface area contributed by atoms with Crippen molar-refractivity contribution < 1.29 is 14.4 Å². The highest BCUT2D eigenvalue weighted by Gasteiger charge is 2.36. The van der Waals surface area contributed by atoms with Crippen LogP contribution in [0.3, 0.4) is 0 Å². The Hall–Kier alpha value is -1.65. The highest BCUT2D eigenvalue weighted by Crippen LogP contribution is 2.33. The van der Waals surface area contributed by atoms with Gasteiger partial charge in [0.1, 0.15) is 6.54 Å². The predicted molar refractivity (Wildman–Crippen MR) is 110 cm³/mol. The largest absolute Gasteiger partial charge is 0.325 e. The van der Waals surface area contributed by atoms with Gasteiger partial charge in [0.25, 0.3) is 11.1 Å². The van der Waals surface area contributed by atoms with Crippen LogP contribution in [0.4, 0.5) is 10.5 Å². The van der Waals surface area contributed by atoms with Crippen LogP contribution in [0, 0.1) is 10.5 Å². The van der Waals surface area contributed by atoms with Crippen molar-refractivity contribution in [2.24, 2.45) is 0 Å². The van der Waals surface area contributed by atoms with Crippen molar-refractivity contribution in [3.8, 4) is 0 Å². The van der Waals surface area contributed by atoms with Gasteiger partial charge in [-0.2, -0.15) is 0 Å². The molecule has 0 radical (unpaired) electrons. The van der Waals surface area contributed by atoms with Gasteiger partial charge in [0.15, 0.2) is 0 Å². The van der Waals surface area contributed by atoms with Crippen LogP contribution >= 0.6 is 45.7 Å². The number of rotatable bonds is 4. The van der Waals surface area contributed by atoms with E-state index in [-0.39, 0.29) is 6.54 Å². The molecule has 1 saturated heterocycles. The summed E-state index contributed by atoms with van der Waals surface area (Å²) in [7, 11) is 0. The van der Waals surface area contributed by atoms with E-state index in [1.165, 1.54) is 0 Å². The number of carbonyl (C=O) groups is 3. The van der Waals surface area contributed by atoms with Crippen LogP contribution in [0.25, 0.3) is 6.08 Å². The molecule has 0 bridgehead atoms. The van der Waals surface area contributed by atoms with Crippen LogP contribution in [0.1, 0.15) is 9.75 Å². The molecule has 1 aromatic heterocycles. The molecule has 1 aliphatic rings. The van der Waals surface area contributed by atoms with Crippen LogP contribution in [-0.4, -0.2) is 28.5 Å². The summed E-state index contributed by atoms with van der Waals surface area (Å²) in [5.41, 5.74) is 0.627. The molecule has 1 N–H and O–H groups in total. The van der Waals surface area contributed by atoms with E-state index in [1.54, 1.807) is 29.5 Å². The second-order valence-corrected chi connectivity index (χ2v) is 8.83. The molecule has 2 aromatic rings. The van der Waals surface area contributed by atoms with E-state index >= 15 is 0 Å². The molecule has 0 atom stereocenters. The molecule has 0 aliphatic carbocycles. The molecule has 8 heteroatoms. The third-order valence-electron chi connectivity index (χ3n) is 3.34. The first-order valence-corrected chi connectivity index (χ1v) is 10.0. The van der Waals surface area contributed by atoms with Gasteiger partial charge in [0, 0.05) is 19.0 Å². The van der Waals surface area contributed by atoms with E-state index in [2.05, 4.69) is 27.9 Å². The molecule has 3 amide bonds. The fourth-order valence-electron chi connectivity index (χ4n) is 2.17. The number of aryl methyl sites for hydroxylation is 1. The number of benzene rings is 1. The van der Waals surface area contributed by atoms with Gasteiger partial charge in [0.05, 0.1) is 4.91 Å². The third kappa shape index (κ3) is 4.50. The molecule has 25 heavy (non-hydrogen) atoms. The Morgan fingerprint density at radius 2 is 1.92 bits per heavy atom. The maximum Gasteiger partial charge on any atom is 0.294 e. The molecular weight excluding hydrogens is 471 g/mol. The van der Waals surface area contributed by atoms with Gasteiger partial charge in [-0.25, -0.2) is 0 Å². The summed E-state index contributed by atoms with van der Waals surface area (Å²) in [6, 6.07) is 11.1. The zero-order valence-electron chi connectivity index (χ0n) is 13.1. The molecule has 2 heterocycles. The number of thiophene rings is 1. The number of carbonyl (C=O) groups excluding carboxylic acids is 3. The van der Waals surface area contributed by atoms with Crippen molar-refractivity contribution in [3.63, 3.8) is 0 Å². The maximum absolute atomic E-state index is 12.4. The van der Waals surface area contributed by atoms with E-state index in [0.717, 1.165) is 30.0 Å². The molecular formula is C17H13IN2O3S2. The number of thioether (sulfide) groups is 1. The molecule has 128 valence electrons. The second-order valence-electron chi connectivity index (χ2n) is 5.27. The van der Waals surface area contributed by atoms with E-state index < -0.39 is 17.1 Å². The number of halogens is 1. The summed E-state index contributed by atoms with van der Waals surface area (Å²) < 4.78 is 1.05. The number of nitrogens with zero attached hydrogens (tertiary/aromatic N) is 1. The van der Waals surface area contributed by atoms with Crippen molar-refractivity contribution in [2.75, 3.05) is 11.9 Å². The van der Waals surface area contributed by atoms with Crippen molar-refractivity contribution in [1.82, 2.24) is 4.90 Å². The van der Waals surface area contributed by atoms with Crippen LogP contribution in [-0.2, 0) is 9.59 Å². The zero-order valence-corrected chi connectivity index (χ0v) is 16.9. The first-order valence-electron chi connectivity index (χ1n) is 7.29. The first-order chi connectivity index (χ1) is 11.9. The van der Waals surface area contributed by atoms with Gasteiger partial charge in [-0.3, -0.25) is 19.3 Å². The van der Waals surface area contributed by atoms with Crippen LogP contribution < -0.4 is 5.32 Å². The minimum absolute atomic E-state index is 0.294. The number of hydrogen-bond acceptors (Lipinski definition) is 5. The predicted octanol–water partition coefficient (Wildman–Crippen LogP) is 4.34. The minimum Gasteiger partial charge on any atom is -0.325 e. The second kappa shape index (κ2) is 7.71. The van der Waals surface area contributed by atoms with E-state index in [9.17, 15) is 14.4 Å². The highest BCUT2D eigenvalue weighted by atomic mass is 127. The molecule has 0 spiro atoms. The monoisotopic (exact) mass is 484 g/mol. The Kier molecular flexibility index (Phi) is 5.60. The van der Waals surface area contributed by atoms with Crippen LogP contribution in [0.15, 0.2) is 41.3 Å². The summed E-state index contributed by atoms with van der Waals surface area (Å²) in [6.07, 6.45) is 1.69. The molecule has 1 fully saturated rings. The molecule has 1 aromatic carbocycles. The standard InChI is InChI=1S/C17H13IN2O3S2/c1-10-2-7-13(24-10)8-14-16(22)20(17(23)25-14)9-15(21)19-12-5-3-11(18)4-6-12/h2-8H,9H2,1H3,(H,19,21)/b14-8+. The average molecular weight is 484 g/mol. The van der Waals surface area contributed by atoms with Crippen LogP contribution in [0.5, 0.6) is 0 Å². The van der Waals surface area contributed by atoms with E-state index in [0.29, 0.717) is 10.6 Å². The van der Waals surface area contributed by atoms with Gasteiger partial charge < -0.3 is 5.32 Å². The fourth-order valence-corrected chi connectivity index (χ4v) is 4.26. The molecule has 0 unspecified atom stereocenters. The molecule has 0 saturated carbocycles. The highest BCUT2D eigenvalue weighted by molar-refractivity contribution is 14.1. The topological polar surface area (TPSA) is 66.5 Å². The Morgan fingerprint density at radius 3 is 2.56 bits per heavy atom. The van der Waals surface area contributed by atoms with Gasteiger partial charge in [0.2, 0.25) is 5.91 Å². The lowest BCUT2D eigenvalue weighted by Gasteiger charge is -2.12. The quantitative estimate of drug-likeness (QED) is 0.518. The Balaban J connectivity index is 1.67. The summed E-state index contributed by atoms with van der Waals surface area (Å²) in [5, 5.41) is 2.26. The smallest absolute Gasteiger partial charge is 0.294 e. The Morgan fingerprint density at radius 1 is 1.20 bits per heavy atom. The lowest BCUT2D eigenvalue weighted by Crippen LogP contribution is -2.36. The van der Waals surface area contributed by atoms with E-state index in [4.69, 9.17) is 0 Å². The lowest BCUT2D eigenvalue weighted by atomic mass is 10.3. The number of amides is 3. The Labute approximate surface area is 166 Å². The van der Waals surface area contributed by atoms with Crippen molar-refractivity contribution in [3.05, 3.63) is 54.6 Å². The summed E-state index contributed by atoms with van der Waals surface area (Å²) >= 11 is 4.57. The summed E-state index contributed by atoms with van der Waals surface area (Å²) in [4.78, 5) is 39.9. The van der Waals surface area contributed by atoms with Gasteiger partial charge in [-0.05, 0) is 83.8 Å². The third-order valence-corrected chi connectivity index (χ3v) is 5.91. The molecule has 3 rings (SSSR count). The molecule has 1 aliphatic heterocycles. The van der Waals surface area contributed by atoms with Crippen molar-refractivity contribution in [2.45, 2.75) is 6.92 Å². The van der Waals surface area contributed by atoms with Gasteiger partial charge in [-0.1, -0.05) is 0 Å². The first kappa shape index (κ1) is 18.2. The minimum atomic E-state index is -0.432. The van der Waals surface area contributed by atoms with E-state index in [1.807, 2.05) is 31.2 Å². The summed E-state index contributed by atoms with van der Waals surface area (Å²) in [6.45, 7) is 1.68. The van der Waals surface area contributed by atoms with Crippen molar-refractivity contribution in [1.29, 1.82) is 0 Å². The number of nitrogens with one attached hydrogen (secondary N) is 1. The lowest BCUT2D eigenvalue weighted by molar-refractivity contribution is -0.127. The fraction of sp³-hybridized carbons (Fsp3) is 0.118. The zero-order chi connectivity index (χ0) is 18.0. The number of imide groups is 1. The number of hydrogen-bond donors (Lipinski definition) is 1. The van der Waals surface area contributed by atoms with Crippen LogP contribution in [0.2, 0.25) is 0 Å². The Bertz CT molecular complexity index is 874.